The first-order valence-electron chi connectivity index (χ1n) is 10.5. The van der Waals surface area contributed by atoms with Gasteiger partial charge in [-0.05, 0) is 81.9 Å². The molecule has 0 amide bonds. The molecule has 3 heterocycles. The summed E-state index contributed by atoms with van der Waals surface area (Å²) in [4.78, 5) is 6.69. The van der Waals surface area contributed by atoms with E-state index in [2.05, 4.69) is 29.0 Å². The van der Waals surface area contributed by atoms with Gasteiger partial charge in [-0.25, -0.2) is 0 Å². The first-order chi connectivity index (χ1) is 15.1. The minimum absolute atomic E-state index is 0.130. The van der Waals surface area contributed by atoms with Gasteiger partial charge < -0.3 is 14.8 Å². The minimum atomic E-state index is -4.39. The van der Waals surface area contributed by atoms with E-state index >= 15 is 0 Å². The quantitative estimate of drug-likeness (QED) is 0.495. The Balaban J connectivity index is 1.85. The fraction of sp³-hybridized carbons (Fsp3) is 0.333. The number of rotatable bonds is 4. The number of aryl methyl sites for hydroxylation is 1. The van der Waals surface area contributed by atoms with Crippen LogP contribution in [0.3, 0.4) is 0 Å². The first kappa shape index (κ1) is 22.3. The molecule has 2 aromatic heterocycles. The minimum Gasteiger partial charge on any atom is -0.352 e. The zero-order valence-electron chi connectivity index (χ0n) is 18.3. The SMILES string of the molecule is Cc1cc([C@@H]2[C@H](c3ccccn3)NC(=S)N2C(C)C)c(C)n1-c1cccc(C(F)(F)F)c1. The second-order valence-electron chi connectivity index (χ2n) is 8.34. The highest BCUT2D eigenvalue weighted by molar-refractivity contribution is 7.80. The molecular formula is C24H25F3N4S. The van der Waals surface area contributed by atoms with E-state index < -0.39 is 11.7 Å². The molecule has 32 heavy (non-hydrogen) atoms. The van der Waals surface area contributed by atoms with Crippen LogP contribution in [-0.4, -0.2) is 25.6 Å². The molecular weight excluding hydrogens is 433 g/mol. The molecule has 1 aromatic carbocycles. The lowest BCUT2D eigenvalue weighted by Gasteiger charge is -2.31. The molecule has 0 spiro atoms. The van der Waals surface area contributed by atoms with E-state index in [0.29, 0.717) is 10.8 Å². The maximum Gasteiger partial charge on any atom is 0.416 e. The van der Waals surface area contributed by atoms with Crippen LogP contribution in [0.5, 0.6) is 0 Å². The summed E-state index contributed by atoms with van der Waals surface area (Å²) >= 11 is 5.66. The Kier molecular flexibility index (Phi) is 5.75. The van der Waals surface area contributed by atoms with Gasteiger partial charge in [0.2, 0.25) is 0 Å². The molecule has 1 N–H and O–H groups in total. The van der Waals surface area contributed by atoms with Crippen LogP contribution in [0.25, 0.3) is 5.69 Å². The fourth-order valence-electron chi connectivity index (χ4n) is 4.56. The molecule has 1 saturated heterocycles. The van der Waals surface area contributed by atoms with Crippen molar-refractivity contribution in [3.05, 3.63) is 82.9 Å². The normalized spacial score (nSPS) is 19.0. The van der Waals surface area contributed by atoms with Crippen molar-refractivity contribution >= 4 is 17.3 Å². The van der Waals surface area contributed by atoms with Crippen LogP contribution in [0, 0.1) is 13.8 Å². The summed E-state index contributed by atoms with van der Waals surface area (Å²) in [5, 5.41) is 4.05. The number of hydrogen-bond donors (Lipinski definition) is 1. The Morgan fingerprint density at radius 2 is 1.81 bits per heavy atom. The molecule has 0 unspecified atom stereocenters. The molecule has 4 rings (SSSR count). The van der Waals surface area contributed by atoms with E-state index in [0.717, 1.165) is 28.7 Å². The van der Waals surface area contributed by atoms with Gasteiger partial charge in [0.1, 0.15) is 0 Å². The van der Waals surface area contributed by atoms with Crippen molar-refractivity contribution in [1.82, 2.24) is 19.8 Å². The fourth-order valence-corrected chi connectivity index (χ4v) is 5.01. The Morgan fingerprint density at radius 3 is 2.44 bits per heavy atom. The van der Waals surface area contributed by atoms with Crippen molar-refractivity contribution in [1.29, 1.82) is 0 Å². The number of halogens is 3. The third-order valence-corrected chi connectivity index (χ3v) is 6.24. The monoisotopic (exact) mass is 458 g/mol. The number of nitrogens with one attached hydrogen (secondary N) is 1. The van der Waals surface area contributed by atoms with E-state index in [4.69, 9.17) is 12.2 Å². The molecule has 168 valence electrons. The van der Waals surface area contributed by atoms with Crippen molar-refractivity contribution in [2.45, 2.75) is 52.0 Å². The Morgan fingerprint density at radius 1 is 1.06 bits per heavy atom. The second kappa shape index (κ2) is 8.24. The average Bonchev–Trinajstić information content (AvgIpc) is 3.23. The number of aromatic nitrogens is 2. The topological polar surface area (TPSA) is 33.1 Å². The summed E-state index contributed by atoms with van der Waals surface area (Å²) in [6.45, 7) is 8.01. The lowest BCUT2D eigenvalue weighted by atomic mass is 9.96. The Hall–Kier alpha value is -2.87. The van der Waals surface area contributed by atoms with E-state index in [-0.39, 0.29) is 18.1 Å². The lowest BCUT2D eigenvalue weighted by molar-refractivity contribution is -0.137. The standard InChI is InChI=1S/C24H25F3N4S/c1-14(2)30-22(21(29-23(30)32)20-10-5-6-11-28-20)19-12-15(3)31(16(19)4)18-9-7-8-17(13-18)24(25,26)27/h5-14,21-22H,1-4H3,(H,29,32)/t21-,22+/m0/s1. The van der Waals surface area contributed by atoms with Crippen molar-refractivity contribution in [3.63, 3.8) is 0 Å². The molecule has 4 nitrogen and oxygen atoms in total. The average molecular weight is 459 g/mol. The summed E-state index contributed by atoms with van der Waals surface area (Å²) in [7, 11) is 0. The molecule has 0 radical (unpaired) electrons. The van der Waals surface area contributed by atoms with Gasteiger partial charge in [-0.2, -0.15) is 13.2 Å². The Bertz CT molecular complexity index is 1140. The number of benzene rings is 1. The molecule has 3 aromatic rings. The molecule has 1 fully saturated rings. The number of nitrogens with zero attached hydrogens (tertiary/aromatic N) is 3. The molecule has 1 aliphatic heterocycles. The number of thiocarbonyl (C=S) groups is 1. The van der Waals surface area contributed by atoms with Crippen molar-refractivity contribution in [2.75, 3.05) is 0 Å². The van der Waals surface area contributed by atoms with E-state index in [9.17, 15) is 13.2 Å². The zero-order valence-corrected chi connectivity index (χ0v) is 19.1. The molecule has 0 bridgehead atoms. The smallest absolute Gasteiger partial charge is 0.352 e. The molecule has 0 saturated carbocycles. The van der Waals surface area contributed by atoms with E-state index in [1.807, 2.05) is 42.7 Å². The lowest BCUT2D eigenvalue weighted by Crippen LogP contribution is -2.35. The van der Waals surface area contributed by atoms with Crippen molar-refractivity contribution in [3.8, 4) is 5.69 Å². The molecule has 0 aliphatic carbocycles. The van der Waals surface area contributed by atoms with E-state index in [1.165, 1.54) is 12.1 Å². The van der Waals surface area contributed by atoms with Gasteiger partial charge in [0.05, 0.1) is 23.3 Å². The van der Waals surface area contributed by atoms with Crippen molar-refractivity contribution in [2.24, 2.45) is 0 Å². The first-order valence-corrected chi connectivity index (χ1v) is 10.9. The molecule has 8 heteroatoms. The van der Waals surface area contributed by atoms with Crippen LogP contribution in [0.4, 0.5) is 13.2 Å². The van der Waals surface area contributed by atoms with Crippen LogP contribution in [0.1, 0.15) is 54.1 Å². The van der Waals surface area contributed by atoms with Gasteiger partial charge in [0.25, 0.3) is 0 Å². The summed E-state index contributed by atoms with van der Waals surface area (Å²) in [6.07, 6.45) is -2.64. The zero-order chi connectivity index (χ0) is 23.2. The summed E-state index contributed by atoms with van der Waals surface area (Å²) in [5.74, 6) is 0. The maximum absolute atomic E-state index is 13.3. The summed E-state index contributed by atoms with van der Waals surface area (Å²) in [5.41, 5.74) is 3.44. The highest BCUT2D eigenvalue weighted by Crippen LogP contribution is 2.42. The van der Waals surface area contributed by atoms with Gasteiger partial charge in [-0.1, -0.05) is 12.1 Å². The predicted molar refractivity (Wildman–Crippen MR) is 123 cm³/mol. The van der Waals surface area contributed by atoms with Crippen LogP contribution >= 0.6 is 12.2 Å². The van der Waals surface area contributed by atoms with Crippen molar-refractivity contribution < 1.29 is 13.2 Å². The van der Waals surface area contributed by atoms with Gasteiger partial charge in [0.15, 0.2) is 5.11 Å². The van der Waals surface area contributed by atoms with E-state index in [1.54, 1.807) is 12.3 Å². The third kappa shape index (κ3) is 3.88. The largest absolute Gasteiger partial charge is 0.416 e. The molecule has 2 atom stereocenters. The highest BCUT2D eigenvalue weighted by Gasteiger charge is 2.42. The van der Waals surface area contributed by atoms with Gasteiger partial charge in [0, 0.05) is 29.3 Å². The second-order valence-corrected chi connectivity index (χ2v) is 8.72. The highest BCUT2D eigenvalue weighted by atomic mass is 32.1. The van der Waals surface area contributed by atoms with Crippen LogP contribution in [-0.2, 0) is 6.18 Å². The van der Waals surface area contributed by atoms with Crippen LogP contribution in [0.15, 0.2) is 54.7 Å². The third-order valence-electron chi connectivity index (χ3n) is 5.91. The Labute approximate surface area is 191 Å². The predicted octanol–water partition coefficient (Wildman–Crippen LogP) is 5.89. The van der Waals surface area contributed by atoms with Gasteiger partial charge in [-0.3, -0.25) is 4.98 Å². The molecule has 1 aliphatic rings. The number of pyridine rings is 1. The summed E-state index contributed by atoms with van der Waals surface area (Å²) in [6, 6.07) is 13.1. The maximum atomic E-state index is 13.3. The van der Waals surface area contributed by atoms with Crippen LogP contribution in [0.2, 0.25) is 0 Å². The number of hydrogen-bond acceptors (Lipinski definition) is 2. The van der Waals surface area contributed by atoms with Gasteiger partial charge in [-0.15, -0.1) is 0 Å². The van der Waals surface area contributed by atoms with Crippen LogP contribution < -0.4 is 5.32 Å². The van der Waals surface area contributed by atoms with Gasteiger partial charge >= 0.3 is 6.18 Å². The summed E-state index contributed by atoms with van der Waals surface area (Å²) < 4.78 is 41.8. The number of alkyl halides is 3.